The van der Waals surface area contributed by atoms with E-state index in [1.807, 2.05) is 6.07 Å². The second kappa shape index (κ2) is 5.88. The molecule has 3 heteroatoms. The van der Waals surface area contributed by atoms with Gasteiger partial charge in [-0.3, -0.25) is 0 Å². The van der Waals surface area contributed by atoms with Gasteiger partial charge in [0.2, 0.25) is 0 Å². The Morgan fingerprint density at radius 3 is 2.95 bits per heavy atom. The Bertz CT molecular complexity index is 567. The molecule has 2 aromatic rings. The minimum absolute atomic E-state index is 0.200. The van der Waals surface area contributed by atoms with Crippen molar-refractivity contribution in [1.29, 1.82) is 0 Å². The molecule has 0 bridgehead atoms. The summed E-state index contributed by atoms with van der Waals surface area (Å²) >= 11 is 0. The molecule has 0 aliphatic carbocycles. The van der Waals surface area contributed by atoms with Gasteiger partial charge in [0.15, 0.2) is 0 Å². The van der Waals surface area contributed by atoms with Gasteiger partial charge >= 0.3 is 0 Å². The Morgan fingerprint density at radius 1 is 1.30 bits per heavy atom. The Hall–Kier alpha value is -1.48. The van der Waals surface area contributed by atoms with E-state index in [9.17, 15) is 0 Å². The summed E-state index contributed by atoms with van der Waals surface area (Å²) in [5.41, 5.74) is 1.23. The maximum absolute atomic E-state index is 5.89. The maximum atomic E-state index is 5.89. The summed E-state index contributed by atoms with van der Waals surface area (Å²) in [6.45, 7) is 5.97. The molecule has 1 aromatic carbocycles. The lowest BCUT2D eigenvalue weighted by Gasteiger charge is -2.23. The topological polar surface area (TPSA) is 23.4 Å². The molecule has 3 rings (SSSR count). The highest BCUT2D eigenvalue weighted by atomic mass is 16.5. The molecule has 0 N–H and O–H groups in total. The van der Waals surface area contributed by atoms with Crippen molar-refractivity contribution in [2.24, 2.45) is 0 Å². The molecule has 0 amide bonds. The standard InChI is InChI=1S/C17H23NO2/c1-13(2)20-17-8-5-7-16-15(17)9-10-18(16)12-14-6-3-4-11-19-14/h5,7-10,13-14H,3-4,6,11-12H2,1-2H3. The van der Waals surface area contributed by atoms with Crippen LogP contribution in [-0.2, 0) is 11.3 Å². The first-order valence-electron chi connectivity index (χ1n) is 7.60. The third kappa shape index (κ3) is 2.83. The third-order valence-electron chi connectivity index (χ3n) is 3.81. The van der Waals surface area contributed by atoms with E-state index in [4.69, 9.17) is 9.47 Å². The van der Waals surface area contributed by atoms with Crippen LogP contribution in [0.25, 0.3) is 10.9 Å². The summed E-state index contributed by atoms with van der Waals surface area (Å²) in [4.78, 5) is 0. The highest BCUT2D eigenvalue weighted by Crippen LogP contribution is 2.28. The van der Waals surface area contributed by atoms with E-state index >= 15 is 0 Å². The molecule has 0 saturated carbocycles. The van der Waals surface area contributed by atoms with Crippen molar-refractivity contribution < 1.29 is 9.47 Å². The van der Waals surface area contributed by atoms with Crippen LogP contribution in [0, 0.1) is 0 Å². The summed E-state index contributed by atoms with van der Waals surface area (Å²) in [5, 5.41) is 1.19. The van der Waals surface area contributed by atoms with E-state index in [0.29, 0.717) is 6.10 Å². The van der Waals surface area contributed by atoms with Crippen LogP contribution in [0.5, 0.6) is 5.75 Å². The smallest absolute Gasteiger partial charge is 0.129 e. The average molecular weight is 273 g/mol. The zero-order valence-electron chi connectivity index (χ0n) is 12.3. The van der Waals surface area contributed by atoms with E-state index in [1.54, 1.807) is 0 Å². The quantitative estimate of drug-likeness (QED) is 0.840. The molecule has 20 heavy (non-hydrogen) atoms. The summed E-state index contributed by atoms with van der Waals surface area (Å²) in [6, 6.07) is 8.42. The predicted octanol–water partition coefficient (Wildman–Crippen LogP) is 4.00. The highest BCUT2D eigenvalue weighted by molar-refractivity contribution is 5.86. The summed E-state index contributed by atoms with van der Waals surface area (Å²) in [5.74, 6) is 0.973. The van der Waals surface area contributed by atoms with E-state index in [-0.39, 0.29) is 6.10 Å². The Labute approximate surface area is 120 Å². The van der Waals surface area contributed by atoms with Crippen LogP contribution in [0.4, 0.5) is 0 Å². The van der Waals surface area contributed by atoms with Crippen molar-refractivity contribution in [2.75, 3.05) is 6.61 Å². The van der Waals surface area contributed by atoms with E-state index < -0.39 is 0 Å². The minimum Gasteiger partial charge on any atom is -0.490 e. The zero-order chi connectivity index (χ0) is 13.9. The molecule has 1 aromatic heterocycles. The first kappa shape index (κ1) is 13.5. The molecule has 1 atom stereocenters. The first-order valence-corrected chi connectivity index (χ1v) is 7.60. The molecule has 1 aliphatic rings. The second-order valence-corrected chi connectivity index (χ2v) is 5.81. The average Bonchev–Trinajstić information content (AvgIpc) is 2.84. The fourth-order valence-corrected chi connectivity index (χ4v) is 2.88. The van der Waals surface area contributed by atoms with E-state index in [1.165, 1.54) is 30.2 Å². The fourth-order valence-electron chi connectivity index (χ4n) is 2.88. The van der Waals surface area contributed by atoms with Crippen molar-refractivity contribution in [1.82, 2.24) is 4.57 Å². The van der Waals surface area contributed by atoms with Gasteiger partial charge in [-0.25, -0.2) is 0 Å². The molecule has 0 radical (unpaired) electrons. The normalized spacial score (nSPS) is 19.6. The molecule has 0 spiro atoms. The monoisotopic (exact) mass is 273 g/mol. The Balaban J connectivity index is 1.85. The highest BCUT2D eigenvalue weighted by Gasteiger charge is 2.16. The lowest BCUT2D eigenvalue weighted by Crippen LogP contribution is -2.24. The van der Waals surface area contributed by atoms with Gasteiger partial charge in [-0.05, 0) is 51.3 Å². The van der Waals surface area contributed by atoms with Crippen LogP contribution < -0.4 is 4.74 Å². The zero-order valence-corrected chi connectivity index (χ0v) is 12.3. The first-order chi connectivity index (χ1) is 9.74. The lowest BCUT2D eigenvalue weighted by molar-refractivity contribution is 0.00669. The van der Waals surface area contributed by atoms with Gasteiger partial charge in [0.1, 0.15) is 5.75 Å². The molecule has 1 aliphatic heterocycles. The predicted molar refractivity (Wildman–Crippen MR) is 81.3 cm³/mol. The number of aromatic nitrogens is 1. The van der Waals surface area contributed by atoms with E-state index in [2.05, 4.69) is 42.8 Å². The van der Waals surface area contributed by atoms with Gasteiger partial charge in [0, 0.05) is 24.7 Å². The van der Waals surface area contributed by atoms with Gasteiger partial charge in [-0.15, -0.1) is 0 Å². The minimum atomic E-state index is 0.200. The number of hydrogen-bond acceptors (Lipinski definition) is 2. The molecule has 1 unspecified atom stereocenters. The molecular weight excluding hydrogens is 250 g/mol. The van der Waals surface area contributed by atoms with Crippen molar-refractivity contribution in [3.8, 4) is 5.75 Å². The van der Waals surface area contributed by atoms with Crippen molar-refractivity contribution >= 4 is 10.9 Å². The number of nitrogens with zero attached hydrogens (tertiary/aromatic N) is 1. The summed E-state index contributed by atoms with van der Waals surface area (Å²) < 4.78 is 14.0. The number of hydrogen-bond donors (Lipinski definition) is 0. The number of ether oxygens (including phenoxy) is 2. The lowest BCUT2D eigenvalue weighted by atomic mass is 10.1. The van der Waals surface area contributed by atoms with Crippen LogP contribution in [0.1, 0.15) is 33.1 Å². The molecule has 1 fully saturated rings. The van der Waals surface area contributed by atoms with Crippen molar-refractivity contribution in [3.63, 3.8) is 0 Å². The van der Waals surface area contributed by atoms with Gasteiger partial charge in [-0.1, -0.05) is 6.07 Å². The Kier molecular flexibility index (Phi) is 3.97. The second-order valence-electron chi connectivity index (χ2n) is 5.81. The van der Waals surface area contributed by atoms with Gasteiger partial charge < -0.3 is 14.0 Å². The van der Waals surface area contributed by atoms with Crippen LogP contribution in [-0.4, -0.2) is 23.4 Å². The van der Waals surface area contributed by atoms with Crippen LogP contribution in [0.2, 0.25) is 0 Å². The largest absolute Gasteiger partial charge is 0.490 e. The van der Waals surface area contributed by atoms with Crippen molar-refractivity contribution in [2.45, 2.75) is 51.9 Å². The van der Waals surface area contributed by atoms with Crippen LogP contribution in [0.15, 0.2) is 30.5 Å². The summed E-state index contributed by atoms with van der Waals surface area (Å²) in [7, 11) is 0. The third-order valence-corrected chi connectivity index (χ3v) is 3.81. The molecule has 2 heterocycles. The van der Waals surface area contributed by atoms with E-state index in [0.717, 1.165) is 18.9 Å². The molecule has 108 valence electrons. The van der Waals surface area contributed by atoms with Gasteiger partial charge in [-0.2, -0.15) is 0 Å². The number of rotatable bonds is 4. The molecule has 1 saturated heterocycles. The fraction of sp³-hybridized carbons (Fsp3) is 0.529. The van der Waals surface area contributed by atoms with Crippen molar-refractivity contribution in [3.05, 3.63) is 30.5 Å². The van der Waals surface area contributed by atoms with Gasteiger partial charge in [0.25, 0.3) is 0 Å². The van der Waals surface area contributed by atoms with Crippen LogP contribution in [0.3, 0.4) is 0 Å². The number of benzene rings is 1. The van der Waals surface area contributed by atoms with Gasteiger partial charge in [0.05, 0.1) is 17.7 Å². The Morgan fingerprint density at radius 2 is 2.20 bits per heavy atom. The van der Waals surface area contributed by atoms with Crippen LogP contribution >= 0.6 is 0 Å². The molecular formula is C17H23NO2. The SMILES string of the molecule is CC(C)Oc1cccc2c1ccn2CC1CCCCO1. The number of fused-ring (bicyclic) bond motifs is 1. The molecule has 3 nitrogen and oxygen atoms in total. The summed E-state index contributed by atoms with van der Waals surface area (Å²) in [6.07, 6.45) is 6.36. The maximum Gasteiger partial charge on any atom is 0.129 e.